The fraction of sp³-hybridized carbons (Fsp3) is 0.556. The topological polar surface area (TPSA) is 265 Å². The van der Waals surface area contributed by atoms with Crippen LogP contribution in [0.2, 0.25) is 0 Å². The zero-order chi connectivity index (χ0) is 39.0. The Balaban J connectivity index is 1.45. The molecule has 18 heteroatoms. The first-order valence-electron chi connectivity index (χ1n) is 18.3. The van der Waals surface area contributed by atoms with Crippen molar-refractivity contribution in [1.82, 2.24) is 45.8 Å². The van der Waals surface area contributed by atoms with Gasteiger partial charge < -0.3 is 36.8 Å². The van der Waals surface area contributed by atoms with E-state index >= 15 is 0 Å². The normalized spacial score (nSPS) is 18.8. The van der Waals surface area contributed by atoms with Gasteiger partial charge in [0.25, 0.3) is 11.8 Å². The van der Waals surface area contributed by atoms with Crippen molar-refractivity contribution in [3.8, 4) is 0 Å². The number of amides is 5. The van der Waals surface area contributed by atoms with Crippen molar-refractivity contribution in [2.75, 3.05) is 13.1 Å². The number of aromatic nitrogens is 5. The summed E-state index contributed by atoms with van der Waals surface area (Å²) >= 11 is 0. The molecule has 18 nitrogen and oxygen atoms in total. The zero-order valence-corrected chi connectivity index (χ0v) is 30.4. The number of aliphatic hydroxyl groups is 1. The van der Waals surface area contributed by atoms with Gasteiger partial charge in [-0.3, -0.25) is 33.9 Å². The Kier molecular flexibility index (Phi) is 12.9. The Morgan fingerprint density at radius 1 is 1.02 bits per heavy atom. The molecule has 0 bridgehead atoms. The number of carboxylic acid groups (broad SMARTS) is 1. The average Bonchev–Trinajstić information content (AvgIpc) is 3.82. The Labute approximate surface area is 311 Å². The average molecular weight is 749 g/mol. The molecule has 54 heavy (non-hydrogen) atoms. The molecule has 3 aromatic heterocycles. The highest BCUT2D eigenvalue weighted by molar-refractivity contribution is 6.37. The number of rotatable bonds is 16. The van der Waals surface area contributed by atoms with Crippen molar-refractivity contribution in [2.45, 2.75) is 108 Å². The third-order valence-corrected chi connectivity index (χ3v) is 10.1. The number of pyridine rings is 2. The van der Waals surface area contributed by atoms with Crippen LogP contribution in [0, 0.1) is 5.92 Å². The van der Waals surface area contributed by atoms with E-state index in [1.807, 2.05) is 0 Å². The summed E-state index contributed by atoms with van der Waals surface area (Å²) in [5, 5.41) is 36.3. The summed E-state index contributed by atoms with van der Waals surface area (Å²) in [5.41, 5.74) is 4.91. The summed E-state index contributed by atoms with van der Waals surface area (Å²) in [6.45, 7) is 3.16. The maximum atomic E-state index is 14.8. The molecule has 0 spiro atoms. The van der Waals surface area contributed by atoms with Crippen LogP contribution < -0.4 is 21.7 Å². The monoisotopic (exact) mass is 748 g/mol. The van der Waals surface area contributed by atoms with E-state index in [9.17, 15) is 33.9 Å². The van der Waals surface area contributed by atoms with Crippen molar-refractivity contribution in [3.63, 3.8) is 0 Å². The molecule has 3 aromatic rings. The fourth-order valence-corrected chi connectivity index (χ4v) is 7.39. The molecule has 1 aliphatic carbocycles. The van der Waals surface area contributed by atoms with Gasteiger partial charge in [-0.05, 0) is 57.6 Å². The molecule has 7 N–H and O–H groups in total. The van der Waals surface area contributed by atoms with Crippen molar-refractivity contribution < 1.29 is 39.0 Å². The largest absolute Gasteiger partial charge is 0.465 e. The smallest absolute Gasteiger partial charge is 0.404 e. The number of Topliss-reactive ketones (excluding diaryl/α,β-unsaturated/α-hetero) is 1. The third kappa shape index (κ3) is 9.71. The lowest BCUT2D eigenvalue weighted by atomic mass is 9.84. The van der Waals surface area contributed by atoms with Gasteiger partial charge in [-0.1, -0.05) is 37.3 Å². The fourth-order valence-electron chi connectivity index (χ4n) is 7.39. The van der Waals surface area contributed by atoms with Crippen molar-refractivity contribution in [3.05, 3.63) is 48.2 Å². The number of ketones is 1. The maximum absolute atomic E-state index is 14.8. The predicted molar refractivity (Wildman–Crippen MR) is 192 cm³/mol. The van der Waals surface area contributed by atoms with Gasteiger partial charge in [0.2, 0.25) is 17.6 Å². The molecule has 1 saturated carbocycles. The van der Waals surface area contributed by atoms with E-state index in [0.29, 0.717) is 29.4 Å². The first-order valence-corrected chi connectivity index (χ1v) is 18.3. The van der Waals surface area contributed by atoms with E-state index < -0.39 is 65.3 Å². The van der Waals surface area contributed by atoms with Crippen LogP contribution in [0.1, 0.15) is 100 Å². The predicted octanol–water partition coefficient (Wildman–Crippen LogP) is 1.34. The SMILES string of the molecule is CC(C)(O)c1cnnn1[C@H]1C[C@@H](C(=O)NC(CCCCNC(=O)O)C(=O)C(N)=O)N(C(=O)[C@@H](CC2CCCCC2)NC(=O)c2cncc3cccnc23)C1. The van der Waals surface area contributed by atoms with Gasteiger partial charge in [0, 0.05) is 43.5 Å². The van der Waals surface area contributed by atoms with Crippen molar-refractivity contribution in [1.29, 1.82) is 0 Å². The van der Waals surface area contributed by atoms with E-state index in [1.54, 1.807) is 38.4 Å². The van der Waals surface area contributed by atoms with Crippen LogP contribution in [0.15, 0.2) is 36.9 Å². The lowest BCUT2D eigenvalue weighted by Gasteiger charge is -2.32. The summed E-state index contributed by atoms with van der Waals surface area (Å²) in [4.78, 5) is 88.5. The summed E-state index contributed by atoms with van der Waals surface area (Å²) < 4.78 is 1.47. The van der Waals surface area contributed by atoms with Gasteiger partial charge in [0.15, 0.2) is 0 Å². The molecular weight excluding hydrogens is 700 g/mol. The van der Waals surface area contributed by atoms with Gasteiger partial charge >= 0.3 is 6.09 Å². The summed E-state index contributed by atoms with van der Waals surface area (Å²) in [6, 6.07) is -0.712. The van der Waals surface area contributed by atoms with Crippen LogP contribution in [0.3, 0.4) is 0 Å². The molecule has 2 aliphatic rings. The molecular formula is C36H48N10O8. The van der Waals surface area contributed by atoms with Crippen LogP contribution >= 0.6 is 0 Å². The molecule has 4 heterocycles. The number of fused-ring (bicyclic) bond motifs is 1. The lowest BCUT2D eigenvalue weighted by Crippen LogP contribution is -2.56. The number of hydrogen-bond donors (Lipinski definition) is 6. The molecule has 1 saturated heterocycles. The van der Waals surface area contributed by atoms with E-state index in [1.165, 1.54) is 22.0 Å². The highest BCUT2D eigenvalue weighted by atomic mass is 16.4. The first-order chi connectivity index (χ1) is 25.7. The number of likely N-dealkylation sites (tertiary alicyclic amines) is 1. The summed E-state index contributed by atoms with van der Waals surface area (Å²) in [5.74, 6) is -3.98. The Morgan fingerprint density at radius 3 is 2.48 bits per heavy atom. The van der Waals surface area contributed by atoms with Crippen LogP contribution in [0.4, 0.5) is 4.79 Å². The number of carbonyl (C=O) groups is 6. The van der Waals surface area contributed by atoms with Gasteiger partial charge in [-0.15, -0.1) is 5.10 Å². The number of nitrogens with two attached hydrogens (primary N) is 1. The second-order valence-electron chi connectivity index (χ2n) is 14.6. The number of nitrogens with one attached hydrogen (secondary N) is 3. The van der Waals surface area contributed by atoms with Crippen LogP contribution in [0.5, 0.6) is 0 Å². The standard InChI is InChI=1S/C36H48N10O8/c1-36(2,54)28-19-41-44-46(28)23-16-27(33(50)42-25(30(47)31(37)48)12-6-7-13-40-35(52)53)45(20-23)34(51)26(15-21-9-4-3-5-10-21)43-32(49)24-18-38-17-22-11-8-14-39-29(22)24/h8,11,14,17-19,21,23,25-27,40,54H,3-7,9-10,12-13,15-16,20H2,1-2H3,(H2,37,48)(H,42,50)(H,43,49)(H,52,53)/t23-,25?,26+,27-/m0/s1. The number of unbranched alkanes of at least 4 members (excludes halogenated alkanes) is 1. The Morgan fingerprint density at radius 2 is 1.78 bits per heavy atom. The minimum Gasteiger partial charge on any atom is -0.465 e. The first kappa shape index (κ1) is 39.7. The van der Waals surface area contributed by atoms with Gasteiger partial charge in [0.05, 0.1) is 35.1 Å². The van der Waals surface area contributed by atoms with Crippen LogP contribution in [-0.2, 0) is 24.8 Å². The van der Waals surface area contributed by atoms with E-state index in [0.717, 1.165) is 32.1 Å². The van der Waals surface area contributed by atoms with Crippen LogP contribution in [-0.4, -0.2) is 107 Å². The highest BCUT2D eigenvalue weighted by Gasteiger charge is 2.45. The lowest BCUT2D eigenvalue weighted by molar-refractivity contribution is -0.142. The number of carbonyl (C=O) groups excluding carboxylic acids is 5. The Bertz CT molecular complexity index is 1850. The second kappa shape index (κ2) is 17.5. The minimum atomic E-state index is -1.37. The zero-order valence-electron chi connectivity index (χ0n) is 30.4. The highest BCUT2D eigenvalue weighted by Crippen LogP contribution is 2.33. The number of primary amides is 1. The van der Waals surface area contributed by atoms with Crippen molar-refractivity contribution >= 4 is 46.4 Å². The van der Waals surface area contributed by atoms with Gasteiger partial charge in [0.1, 0.15) is 17.7 Å². The van der Waals surface area contributed by atoms with Gasteiger partial charge in [-0.25, -0.2) is 9.48 Å². The maximum Gasteiger partial charge on any atom is 0.404 e. The van der Waals surface area contributed by atoms with E-state index in [2.05, 4.69) is 36.2 Å². The summed E-state index contributed by atoms with van der Waals surface area (Å²) in [6.07, 6.45) is 10.4. The minimum absolute atomic E-state index is 0.00524. The molecule has 5 rings (SSSR count). The molecule has 4 atom stereocenters. The second-order valence-corrected chi connectivity index (χ2v) is 14.6. The molecule has 1 unspecified atom stereocenters. The molecule has 290 valence electrons. The van der Waals surface area contributed by atoms with Crippen LogP contribution in [0.25, 0.3) is 10.9 Å². The van der Waals surface area contributed by atoms with Gasteiger partial charge in [-0.2, -0.15) is 0 Å². The molecule has 0 radical (unpaired) electrons. The number of hydrogen-bond acceptors (Lipinski definition) is 11. The molecule has 1 aliphatic heterocycles. The van der Waals surface area contributed by atoms with Crippen molar-refractivity contribution in [2.24, 2.45) is 11.7 Å². The van der Waals surface area contributed by atoms with E-state index in [-0.39, 0.29) is 43.8 Å². The molecule has 2 fully saturated rings. The summed E-state index contributed by atoms with van der Waals surface area (Å²) in [7, 11) is 0. The van der Waals surface area contributed by atoms with E-state index in [4.69, 9.17) is 10.8 Å². The molecule has 5 amide bonds. The molecule has 0 aromatic carbocycles. The number of nitrogens with zero attached hydrogens (tertiary/aromatic N) is 6. The quantitative estimate of drug-likeness (QED) is 0.0896. The Hall–Kier alpha value is -5.52. The third-order valence-electron chi connectivity index (χ3n) is 10.1.